The normalized spacial score (nSPS) is 13.9. The van der Waals surface area contributed by atoms with Crippen LogP contribution in [-0.4, -0.2) is 43.7 Å². The van der Waals surface area contributed by atoms with Crippen molar-refractivity contribution < 1.29 is 9.59 Å². The third-order valence-electron chi connectivity index (χ3n) is 5.40. The summed E-state index contributed by atoms with van der Waals surface area (Å²) in [6.07, 6.45) is 1.52. The van der Waals surface area contributed by atoms with E-state index in [-0.39, 0.29) is 17.6 Å². The number of amides is 2. The number of carbonyl (C=O) groups is 2. The molecule has 9 heteroatoms. The molecule has 0 radical (unpaired) electrons. The lowest BCUT2D eigenvalue weighted by Gasteiger charge is -2.16. The minimum atomic E-state index is -0.0891. The molecular formula is C23H22N6O2S. The van der Waals surface area contributed by atoms with Crippen LogP contribution in [0.1, 0.15) is 24.2 Å². The fourth-order valence-electron chi connectivity index (χ4n) is 3.82. The van der Waals surface area contributed by atoms with Crippen LogP contribution >= 0.6 is 11.8 Å². The van der Waals surface area contributed by atoms with Crippen molar-refractivity contribution in [1.82, 2.24) is 24.9 Å². The minimum Gasteiger partial charge on any atom is -0.351 e. The molecule has 1 aliphatic heterocycles. The highest BCUT2D eigenvalue weighted by atomic mass is 32.2. The molecule has 0 unspecified atom stereocenters. The Labute approximate surface area is 189 Å². The number of hydrogen-bond donors (Lipinski definition) is 1. The van der Waals surface area contributed by atoms with E-state index < -0.39 is 0 Å². The van der Waals surface area contributed by atoms with E-state index in [2.05, 4.69) is 20.4 Å². The number of thioether (sulfide) groups is 1. The third-order valence-corrected chi connectivity index (χ3v) is 6.33. The second kappa shape index (κ2) is 8.58. The van der Waals surface area contributed by atoms with Crippen molar-refractivity contribution >= 4 is 45.8 Å². The van der Waals surface area contributed by atoms with Crippen LogP contribution < -0.4 is 10.2 Å². The zero-order valence-corrected chi connectivity index (χ0v) is 18.4. The predicted octanol–water partition coefficient (Wildman–Crippen LogP) is 3.12. The van der Waals surface area contributed by atoms with Gasteiger partial charge in [-0.05, 0) is 43.2 Å². The standard InChI is InChI=1S/C23H22N6O2S/c1-15-25-22-18-5-2-3-6-19(18)26-23(29(22)27-15)32-14-20(30)24-13-16-8-10-17(11-9-16)28-12-4-7-21(28)31/h2-3,5-6,8-11H,4,7,12-14H2,1H3,(H,24,30). The Morgan fingerprint density at radius 2 is 1.94 bits per heavy atom. The molecule has 0 saturated carbocycles. The second-order valence-electron chi connectivity index (χ2n) is 7.69. The summed E-state index contributed by atoms with van der Waals surface area (Å²) in [6.45, 7) is 3.04. The van der Waals surface area contributed by atoms with Gasteiger partial charge in [-0.25, -0.2) is 9.97 Å². The number of fused-ring (bicyclic) bond motifs is 3. The highest BCUT2D eigenvalue weighted by molar-refractivity contribution is 7.99. The van der Waals surface area contributed by atoms with E-state index in [4.69, 9.17) is 0 Å². The summed E-state index contributed by atoms with van der Waals surface area (Å²) in [6, 6.07) is 15.5. The number of aromatic nitrogens is 4. The van der Waals surface area contributed by atoms with Crippen LogP contribution in [0.5, 0.6) is 0 Å². The van der Waals surface area contributed by atoms with Gasteiger partial charge in [0.05, 0.1) is 11.3 Å². The van der Waals surface area contributed by atoms with Gasteiger partial charge < -0.3 is 10.2 Å². The summed E-state index contributed by atoms with van der Waals surface area (Å²) >= 11 is 1.33. The molecule has 1 aliphatic rings. The number of anilines is 1. The van der Waals surface area contributed by atoms with Crippen LogP contribution in [0.2, 0.25) is 0 Å². The molecule has 5 rings (SSSR count). The van der Waals surface area contributed by atoms with Gasteiger partial charge in [-0.2, -0.15) is 4.52 Å². The average Bonchev–Trinajstić information content (AvgIpc) is 3.41. The maximum atomic E-state index is 12.5. The Morgan fingerprint density at radius 3 is 2.72 bits per heavy atom. The van der Waals surface area contributed by atoms with Crippen LogP contribution in [0.25, 0.3) is 16.6 Å². The maximum absolute atomic E-state index is 12.5. The lowest BCUT2D eigenvalue weighted by atomic mass is 10.2. The molecule has 8 nitrogen and oxygen atoms in total. The molecule has 2 aromatic heterocycles. The highest BCUT2D eigenvalue weighted by Crippen LogP contribution is 2.24. The molecule has 1 saturated heterocycles. The molecule has 0 aliphatic carbocycles. The Morgan fingerprint density at radius 1 is 1.12 bits per heavy atom. The van der Waals surface area contributed by atoms with Gasteiger partial charge in [0.2, 0.25) is 11.8 Å². The van der Waals surface area contributed by atoms with Crippen molar-refractivity contribution in [3.8, 4) is 0 Å². The number of hydrogen-bond acceptors (Lipinski definition) is 6. The Balaban J connectivity index is 1.22. The van der Waals surface area contributed by atoms with Crippen molar-refractivity contribution in [3.05, 3.63) is 59.9 Å². The van der Waals surface area contributed by atoms with Gasteiger partial charge in [0, 0.05) is 30.6 Å². The fraction of sp³-hybridized carbons (Fsp3) is 0.261. The molecular weight excluding hydrogens is 424 g/mol. The van der Waals surface area contributed by atoms with E-state index in [9.17, 15) is 9.59 Å². The summed E-state index contributed by atoms with van der Waals surface area (Å²) in [5, 5.41) is 8.95. The summed E-state index contributed by atoms with van der Waals surface area (Å²) in [5.41, 5.74) is 3.46. The van der Waals surface area contributed by atoms with Crippen molar-refractivity contribution in [1.29, 1.82) is 0 Å². The van der Waals surface area contributed by atoms with E-state index in [0.29, 0.717) is 23.9 Å². The van der Waals surface area contributed by atoms with Crippen molar-refractivity contribution in [3.63, 3.8) is 0 Å². The van der Waals surface area contributed by atoms with Gasteiger partial charge in [0.25, 0.3) is 0 Å². The largest absolute Gasteiger partial charge is 0.351 e. The number of aryl methyl sites for hydroxylation is 1. The number of para-hydroxylation sites is 1. The molecule has 0 bridgehead atoms. The van der Waals surface area contributed by atoms with Crippen LogP contribution in [0.4, 0.5) is 5.69 Å². The molecule has 32 heavy (non-hydrogen) atoms. The zero-order chi connectivity index (χ0) is 22.1. The van der Waals surface area contributed by atoms with Crippen LogP contribution in [0.15, 0.2) is 53.7 Å². The molecule has 0 atom stereocenters. The van der Waals surface area contributed by atoms with Crippen molar-refractivity contribution in [2.45, 2.75) is 31.5 Å². The minimum absolute atomic E-state index is 0.0891. The van der Waals surface area contributed by atoms with E-state index in [0.717, 1.165) is 40.8 Å². The first-order chi connectivity index (χ1) is 15.6. The van der Waals surface area contributed by atoms with Gasteiger partial charge in [-0.15, -0.1) is 5.10 Å². The van der Waals surface area contributed by atoms with E-state index >= 15 is 0 Å². The Kier molecular flexibility index (Phi) is 5.48. The molecule has 162 valence electrons. The van der Waals surface area contributed by atoms with Gasteiger partial charge in [-0.3, -0.25) is 9.59 Å². The number of nitrogens with one attached hydrogen (secondary N) is 1. The molecule has 2 amide bonds. The Hall–Kier alpha value is -3.46. The Bertz CT molecular complexity index is 1320. The monoisotopic (exact) mass is 446 g/mol. The summed E-state index contributed by atoms with van der Waals surface area (Å²) in [4.78, 5) is 35.3. The predicted molar refractivity (Wildman–Crippen MR) is 124 cm³/mol. The maximum Gasteiger partial charge on any atom is 0.230 e. The van der Waals surface area contributed by atoms with Gasteiger partial charge in [-0.1, -0.05) is 36.0 Å². The summed E-state index contributed by atoms with van der Waals surface area (Å²) < 4.78 is 1.70. The molecule has 0 spiro atoms. The SMILES string of the molecule is Cc1nc2c3ccccc3nc(SCC(=O)NCc3ccc(N4CCCC4=O)cc3)n2n1. The smallest absolute Gasteiger partial charge is 0.230 e. The topological polar surface area (TPSA) is 92.5 Å². The van der Waals surface area contributed by atoms with E-state index in [1.807, 2.05) is 60.4 Å². The van der Waals surface area contributed by atoms with Crippen molar-refractivity contribution in [2.24, 2.45) is 0 Å². The second-order valence-corrected chi connectivity index (χ2v) is 8.63. The number of carbonyl (C=O) groups excluding carboxylic acids is 2. The summed E-state index contributed by atoms with van der Waals surface area (Å²) in [7, 11) is 0. The molecule has 4 aromatic rings. The summed E-state index contributed by atoms with van der Waals surface area (Å²) in [5.74, 6) is 0.962. The quantitative estimate of drug-likeness (QED) is 0.361. The average molecular weight is 447 g/mol. The first kappa shape index (κ1) is 20.4. The van der Waals surface area contributed by atoms with Crippen molar-refractivity contribution in [2.75, 3.05) is 17.2 Å². The van der Waals surface area contributed by atoms with Gasteiger partial charge in [0.1, 0.15) is 5.82 Å². The van der Waals surface area contributed by atoms with E-state index in [1.54, 1.807) is 4.52 Å². The highest BCUT2D eigenvalue weighted by Gasteiger charge is 2.21. The van der Waals surface area contributed by atoms with Gasteiger partial charge in [0.15, 0.2) is 10.8 Å². The molecule has 2 aromatic carbocycles. The number of benzene rings is 2. The number of rotatable bonds is 6. The van der Waals surface area contributed by atoms with Crippen LogP contribution in [-0.2, 0) is 16.1 Å². The molecule has 1 fully saturated rings. The first-order valence-electron chi connectivity index (χ1n) is 10.5. The lowest BCUT2D eigenvalue weighted by molar-refractivity contribution is -0.119. The zero-order valence-electron chi connectivity index (χ0n) is 17.6. The fourth-order valence-corrected chi connectivity index (χ4v) is 4.60. The molecule has 3 heterocycles. The lowest BCUT2D eigenvalue weighted by Crippen LogP contribution is -2.25. The third kappa shape index (κ3) is 4.03. The van der Waals surface area contributed by atoms with Crippen LogP contribution in [0.3, 0.4) is 0 Å². The number of nitrogens with zero attached hydrogens (tertiary/aromatic N) is 5. The van der Waals surface area contributed by atoms with Gasteiger partial charge >= 0.3 is 0 Å². The molecule has 1 N–H and O–H groups in total. The first-order valence-corrected chi connectivity index (χ1v) is 11.5. The van der Waals surface area contributed by atoms with Crippen LogP contribution in [0, 0.1) is 6.92 Å². The van der Waals surface area contributed by atoms with E-state index in [1.165, 1.54) is 11.8 Å².